The number of para-hydroxylation sites is 1. The normalized spacial score (nSPS) is 21.2. The molecule has 1 aliphatic heterocycles. The lowest BCUT2D eigenvalue weighted by molar-refractivity contribution is -0.123. The lowest BCUT2D eigenvalue weighted by Gasteiger charge is -2.37. The van der Waals surface area contributed by atoms with Gasteiger partial charge in [0, 0.05) is 11.5 Å². The molecule has 0 radical (unpaired) electrons. The zero-order chi connectivity index (χ0) is 19.7. The largest absolute Gasteiger partial charge is 0.493 e. The van der Waals surface area contributed by atoms with E-state index in [1.54, 1.807) is 20.3 Å². The van der Waals surface area contributed by atoms with E-state index < -0.39 is 0 Å². The van der Waals surface area contributed by atoms with E-state index in [0.29, 0.717) is 28.6 Å². The Bertz CT molecular complexity index is 970. The Balaban J connectivity index is 1.85. The molecule has 0 saturated heterocycles. The van der Waals surface area contributed by atoms with E-state index in [1.165, 1.54) is 5.01 Å². The Labute approximate surface area is 169 Å². The van der Waals surface area contributed by atoms with Crippen molar-refractivity contribution in [2.24, 2.45) is 16.9 Å². The first-order valence-electron chi connectivity index (χ1n) is 9.18. The molecule has 4 rings (SSSR count). The van der Waals surface area contributed by atoms with E-state index in [9.17, 15) is 4.79 Å². The van der Waals surface area contributed by atoms with Gasteiger partial charge in [0.1, 0.15) is 0 Å². The summed E-state index contributed by atoms with van der Waals surface area (Å²) in [5, 5.41) is 6.71. The molecule has 0 spiro atoms. The van der Waals surface area contributed by atoms with Crippen LogP contribution in [0.3, 0.4) is 0 Å². The molecule has 1 amide bonds. The predicted octanol–water partition coefficient (Wildman–Crippen LogP) is 4.69. The number of carbonyl (C=O) groups is 1. The highest BCUT2D eigenvalue weighted by atomic mass is 35.5. The molecule has 1 aliphatic carbocycles. The number of nitrogens with zero attached hydrogens (tertiary/aromatic N) is 2. The third kappa shape index (κ3) is 3.16. The maximum atomic E-state index is 13.2. The number of methoxy groups -OCH3 is 2. The number of rotatable bonds is 4. The van der Waals surface area contributed by atoms with E-state index in [4.69, 9.17) is 26.2 Å². The van der Waals surface area contributed by atoms with Gasteiger partial charge in [-0.3, -0.25) is 4.79 Å². The maximum absolute atomic E-state index is 13.2. The smallest absolute Gasteiger partial charge is 0.251 e. The molecule has 0 bridgehead atoms. The fourth-order valence-corrected chi connectivity index (χ4v) is 4.06. The third-order valence-electron chi connectivity index (χ3n) is 5.28. The van der Waals surface area contributed by atoms with Gasteiger partial charge in [0.05, 0.1) is 36.6 Å². The summed E-state index contributed by atoms with van der Waals surface area (Å²) in [6.45, 7) is 0. The SMILES string of the molecule is COc1ccc(C2=NN(c3ccccc3Cl)C(=O)C3CC=CCC23)cc1OC. The summed E-state index contributed by atoms with van der Waals surface area (Å²) in [5.74, 6) is 1.12. The van der Waals surface area contributed by atoms with Gasteiger partial charge in [0.25, 0.3) is 5.91 Å². The Morgan fingerprint density at radius 3 is 2.43 bits per heavy atom. The molecule has 6 heteroatoms. The fourth-order valence-electron chi connectivity index (χ4n) is 3.84. The number of hydrogen-bond donors (Lipinski definition) is 0. The number of amides is 1. The average molecular weight is 397 g/mol. The molecular weight excluding hydrogens is 376 g/mol. The van der Waals surface area contributed by atoms with E-state index in [2.05, 4.69) is 12.2 Å². The van der Waals surface area contributed by atoms with Crippen molar-refractivity contribution in [3.8, 4) is 11.5 Å². The first kappa shape index (κ1) is 18.6. The molecule has 0 aromatic heterocycles. The molecule has 0 N–H and O–H groups in total. The number of allylic oxidation sites excluding steroid dienone is 2. The molecule has 0 saturated carbocycles. The molecule has 1 heterocycles. The summed E-state index contributed by atoms with van der Waals surface area (Å²) in [6.07, 6.45) is 5.66. The Kier molecular flexibility index (Phi) is 5.09. The zero-order valence-corrected chi connectivity index (χ0v) is 16.5. The van der Waals surface area contributed by atoms with Crippen LogP contribution < -0.4 is 14.5 Å². The first-order valence-corrected chi connectivity index (χ1v) is 9.56. The van der Waals surface area contributed by atoms with Gasteiger partial charge in [-0.2, -0.15) is 10.1 Å². The van der Waals surface area contributed by atoms with Crippen LogP contribution in [0.25, 0.3) is 0 Å². The number of benzene rings is 2. The van der Waals surface area contributed by atoms with Crippen LogP contribution in [-0.4, -0.2) is 25.8 Å². The van der Waals surface area contributed by atoms with Crippen LogP contribution in [0, 0.1) is 11.8 Å². The van der Waals surface area contributed by atoms with Crippen molar-refractivity contribution < 1.29 is 14.3 Å². The first-order chi connectivity index (χ1) is 13.6. The number of carbonyl (C=O) groups excluding carboxylic acids is 1. The number of hydrazone groups is 1. The van der Waals surface area contributed by atoms with Crippen LogP contribution in [0.4, 0.5) is 5.69 Å². The van der Waals surface area contributed by atoms with Crippen LogP contribution >= 0.6 is 11.6 Å². The van der Waals surface area contributed by atoms with Crippen molar-refractivity contribution >= 4 is 28.9 Å². The predicted molar refractivity (Wildman–Crippen MR) is 110 cm³/mol. The molecule has 5 nitrogen and oxygen atoms in total. The number of halogens is 1. The summed E-state index contributed by atoms with van der Waals surface area (Å²) in [4.78, 5) is 13.2. The number of anilines is 1. The van der Waals surface area contributed by atoms with Crippen molar-refractivity contribution in [2.75, 3.05) is 19.2 Å². The Morgan fingerprint density at radius 2 is 1.71 bits per heavy atom. The van der Waals surface area contributed by atoms with Gasteiger partial charge in [-0.1, -0.05) is 35.9 Å². The van der Waals surface area contributed by atoms with E-state index in [0.717, 1.165) is 17.7 Å². The highest BCUT2D eigenvalue weighted by Crippen LogP contribution is 2.39. The van der Waals surface area contributed by atoms with Crippen molar-refractivity contribution in [1.29, 1.82) is 0 Å². The van der Waals surface area contributed by atoms with Gasteiger partial charge in [0.15, 0.2) is 11.5 Å². The molecule has 2 aromatic carbocycles. The molecule has 2 unspecified atom stereocenters. The minimum Gasteiger partial charge on any atom is -0.493 e. The number of hydrogen-bond acceptors (Lipinski definition) is 4. The third-order valence-corrected chi connectivity index (χ3v) is 5.60. The standard InChI is InChI=1S/C22H21ClN2O3/c1-27-19-12-11-14(13-20(19)28-2)21-15-7-3-4-8-16(15)22(26)25(24-21)18-10-6-5-9-17(18)23/h3-6,9-13,15-16H,7-8H2,1-2H3. The highest BCUT2D eigenvalue weighted by molar-refractivity contribution is 6.34. The van der Waals surface area contributed by atoms with Crippen molar-refractivity contribution in [3.63, 3.8) is 0 Å². The van der Waals surface area contributed by atoms with Gasteiger partial charge >= 0.3 is 0 Å². The topological polar surface area (TPSA) is 51.1 Å². The monoisotopic (exact) mass is 396 g/mol. The Morgan fingerprint density at radius 1 is 1.00 bits per heavy atom. The lowest BCUT2D eigenvalue weighted by Crippen LogP contribution is -2.45. The minimum absolute atomic E-state index is 0.0216. The summed E-state index contributed by atoms with van der Waals surface area (Å²) in [6, 6.07) is 13.0. The van der Waals surface area contributed by atoms with Gasteiger partial charge in [-0.15, -0.1) is 0 Å². The van der Waals surface area contributed by atoms with Crippen LogP contribution in [0.15, 0.2) is 59.7 Å². The van der Waals surface area contributed by atoms with Gasteiger partial charge in [0.2, 0.25) is 0 Å². The molecule has 2 atom stereocenters. The number of fused-ring (bicyclic) bond motifs is 1. The van der Waals surface area contributed by atoms with E-state index in [1.807, 2.05) is 36.4 Å². The van der Waals surface area contributed by atoms with Crippen molar-refractivity contribution in [2.45, 2.75) is 12.8 Å². The lowest BCUT2D eigenvalue weighted by atomic mass is 9.76. The summed E-state index contributed by atoms with van der Waals surface area (Å²) in [7, 11) is 3.21. The van der Waals surface area contributed by atoms with Gasteiger partial charge in [-0.25, -0.2) is 0 Å². The van der Waals surface area contributed by atoms with E-state index in [-0.39, 0.29) is 17.7 Å². The fraction of sp³-hybridized carbons (Fsp3) is 0.273. The van der Waals surface area contributed by atoms with Gasteiger partial charge < -0.3 is 9.47 Å². The van der Waals surface area contributed by atoms with Crippen LogP contribution in [0.5, 0.6) is 11.5 Å². The van der Waals surface area contributed by atoms with Crippen LogP contribution in [0.1, 0.15) is 18.4 Å². The van der Waals surface area contributed by atoms with E-state index >= 15 is 0 Å². The molecule has 2 aromatic rings. The summed E-state index contributed by atoms with van der Waals surface area (Å²) < 4.78 is 10.8. The minimum atomic E-state index is -0.165. The second kappa shape index (κ2) is 7.68. The highest BCUT2D eigenvalue weighted by Gasteiger charge is 2.41. The Hall–Kier alpha value is -2.79. The summed E-state index contributed by atoms with van der Waals surface area (Å²) >= 11 is 6.37. The second-order valence-corrected chi connectivity index (χ2v) is 7.22. The maximum Gasteiger partial charge on any atom is 0.251 e. The van der Waals surface area contributed by atoms with Crippen molar-refractivity contribution in [1.82, 2.24) is 0 Å². The quantitative estimate of drug-likeness (QED) is 0.704. The van der Waals surface area contributed by atoms with Crippen LogP contribution in [-0.2, 0) is 4.79 Å². The van der Waals surface area contributed by atoms with Crippen LogP contribution in [0.2, 0.25) is 5.02 Å². The molecule has 144 valence electrons. The zero-order valence-electron chi connectivity index (χ0n) is 15.8. The number of ether oxygens (including phenoxy) is 2. The van der Waals surface area contributed by atoms with Crippen molar-refractivity contribution in [3.05, 3.63) is 65.2 Å². The molecular formula is C22H21ClN2O3. The molecule has 28 heavy (non-hydrogen) atoms. The molecule has 2 aliphatic rings. The molecule has 0 fully saturated rings. The average Bonchev–Trinajstić information content (AvgIpc) is 2.74. The van der Waals surface area contributed by atoms with Gasteiger partial charge in [-0.05, 0) is 43.2 Å². The summed E-state index contributed by atoms with van der Waals surface area (Å²) in [5.41, 5.74) is 2.36. The second-order valence-electron chi connectivity index (χ2n) is 6.81.